The number of benzene rings is 1. The van der Waals surface area contributed by atoms with Crippen LogP contribution in [0.4, 0.5) is 14.5 Å². The van der Waals surface area contributed by atoms with E-state index in [4.69, 9.17) is 4.74 Å². The summed E-state index contributed by atoms with van der Waals surface area (Å²) in [7, 11) is 0. The third kappa shape index (κ3) is 3.97. The molecule has 3 aromatic rings. The van der Waals surface area contributed by atoms with E-state index in [9.17, 15) is 13.6 Å². The lowest BCUT2D eigenvalue weighted by atomic mass is 10.1. The van der Waals surface area contributed by atoms with Gasteiger partial charge in [0.2, 0.25) is 0 Å². The first-order chi connectivity index (χ1) is 14.6. The number of carbonyl (C=O) groups is 1. The first kappa shape index (κ1) is 20.2. The van der Waals surface area contributed by atoms with Gasteiger partial charge < -0.3 is 15.4 Å². The van der Waals surface area contributed by atoms with Crippen LogP contribution in [0.15, 0.2) is 30.6 Å². The Morgan fingerprint density at radius 1 is 1.23 bits per heavy atom. The van der Waals surface area contributed by atoms with Crippen molar-refractivity contribution < 1.29 is 18.3 Å². The van der Waals surface area contributed by atoms with Gasteiger partial charge in [0.1, 0.15) is 11.6 Å². The summed E-state index contributed by atoms with van der Waals surface area (Å²) in [5.74, 6) is -1.87. The molecule has 1 fully saturated rings. The van der Waals surface area contributed by atoms with Gasteiger partial charge >= 0.3 is 0 Å². The lowest BCUT2D eigenvalue weighted by Gasteiger charge is -2.25. The van der Waals surface area contributed by atoms with Crippen molar-refractivity contribution in [3.05, 3.63) is 53.4 Å². The molecule has 1 aliphatic heterocycles. The highest BCUT2D eigenvalue weighted by Crippen LogP contribution is 2.28. The monoisotopic (exact) mass is 415 g/mol. The molecular weight excluding hydrogens is 392 g/mol. The van der Waals surface area contributed by atoms with E-state index in [1.54, 1.807) is 10.9 Å². The van der Waals surface area contributed by atoms with Gasteiger partial charge in [0.25, 0.3) is 5.91 Å². The van der Waals surface area contributed by atoms with Crippen molar-refractivity contribution in [1.29, 1.82) is 0 Å². The predicted molar refractivity (Wildman–Crippen MR) is 108 cm³/mol. The van der Waals surface area contributed by atoms with E-state index in [1.807, 2.05) is 6.92 Å². The number of aromatic nitrogens is 3. The number of anilines is 1. The van der Waals surface area contributed by atoms with Crippen LogP contribution in [0, 0.1) is 11.6 Å². The predicted octanol–water partition coefficient (Wildman–Crippen LogP) is 3.25. The number of aryl methyl sites for hydroxylation is 1. The van der Waals surface area contributed by atoms with Gasteiger partial charge in [-0.05, 0) is 31.9 Å². The lowest BCUT2D eigenvalue weighted by Crippen LogP contribution is -2.30. The fourth-order valence-electron chi connectivity index (χ4n) is 3.60. The SMILES string of the molecule is CCn1ncc2c(NC3CCOCC3)c(C(=O)NCc3c(F)cccc3F)cnc21. The molecule has 1 aliphatic rings. The minimum Gasteiger partial charge on any atom is -0.381 e. The fourth-order valence-corrected chi connectivity index (χ4v) is 3.60. The van der Waals surface area contributed by atoms with Crippen molar-refractivity contribution in [2.75, 3.05) is 18.5 Å². The first-order valence-electron chi connectivity index (χ1n) is 9.98. The summed E-state index contributed by atoms with van der Waals surface area (Å²) in [5.41, 5.74) is 1.42. The summed E-state index contributed by atoms with van der Waals surface area (Å²) in [6.07, 6.45) is 4.78. The number of fused-ring (bicyclic) bond motifs is 1. The lowest BCUT2D eigenvalue weighted by molar-refractivity contribution is 0.0904. The molecule has 1 saturated heterocycles. The average molecular weight is 415 g/mol. The maximum Gasteiger partial charge on any atom is 0.255 e. The number of halogens is 2. The molecule has 0 radical (unpaired) electrons. The Balaban J connectivity index is 1.64. The molecule has 7 nitrogen and oxygen atoms in total. The van der Waals surface area contributed by atoms with Gasteiger partial charge in [0.05, 0.1) is 22.8 Å². The van der Waals surface area contributed by atoms with E-state index < -0.39 is 17.5 Å². The van der Waals surface area contributed by atoms with Gasteiger partial charge in [-0.3, -0.25) is 4.79 Å². The maximum absolute atomic E-state index is 13.9. The van der Waals surface area contributed by atoms with Crippen LogP contribution in [0.2, 0.25) is 0 Å². The molecule has 3 heterocycles. The zero-order valence-corrected chi connectivity index (χ0v) is 16.6. The standard InChI is InChI=1S/C21H23F2N5O2/c1-2-28-20-15(12-26-28)19(27-13-6-8-30-9-7-13)16(11-24-20)21(29)25-10-14-17(22)4-3-5-18(14)23/h3-5,11-13H,2,6-10H2,1H3,(H,24,27)(H,25,29). The molecule has 9 heteroatoms. The fraction of sp³-hybridized carbons (Fsp3) is 0.381. The van der Waals surface area contributed by atoms with E-state index in [0.717, 1.165) is 30.4 Å². The van der Waals surface area contributed by atoms with Crippen molar-refractivity contribution in [3.8, 4) is 0 Å². The third-order valence-electron chi connectivity index (χ3n) is 5.27. The average Bonchev–Trinajstić information content (AvgIpc) is 3.18. The Bertz CT molecular complexity index is 1040. The third-order valence-corrected chi connectivity index (χ3v) is 5.27. The van der Waals surface area contributed by atoms with Crippen LogP contribution < -0.4 is 10.6 Å². The van der Waals surface area contributed by atoms with E-state index in [2.05, 4.69) is 20.7 Å². The molecule has 0 unspecified atom stereocenters. The number of hydrogen-bond acceptors (Lipinski definition) is 5. The number of nitrogens with one attached hydrogen (secondary N) is 2. The van der Waals surface area contributed by atoms with Gasteiger partial charge in [-0.25, -0.2) is 18.4 Å². The van der Waals surface area contributed by atoms with Crippen LogP contribution in [0.3, 0.4) is 0 Å². The molecule has 2 aromatic heterocycles. The summed E-state index contributed by atoms with van der Waals surface area (Å²) in [5, 5.41) is 11.1. The Morgan fingerprint density at radius 3 is 2.67 bits per heavy atom. The number of pyridine rings is 1. The largest absolute Gasteiger partial charge is 0.381 e. The van der Waals surface area contributed by atoms with Crippen molar-refractivity contribution in [1.82, 2.24) is 20.1 Å². The van der Waals surface area contributed by atoms with Crippen LogP contribution in [0.5, 0.6) is 0 Å². The second-order valence-corrected chi connectivity index (χ2v) is 7.16. The minimum absolute atomic E-state index is 0.143. The molecule has 0 bridgehead atoms. The molecule has 1 amide bonds. The number of amides is 1. The quantitative estimate of drug-likeness (QED) is 0.646. The van der Waals surface area contributed by atoms with Crippen molar-refractivity contribution >= 4 is 22.6 Å². The molecule has 2 N–H and O–H groups in total. The number of rotatable bonds is 6. The van der Waals surface area contributed by atoms with Crippen LogP contribution in [-0.4, -0.2) is 39.9 Å². The minimum atomic E-state index is -0.700. The summed E-state index contributed by atoms with van der Waals surface area (Å²) >= 11 is 0. The smallest absolute Gasteiger partial charge is 0.255 e. The van der Waals surface area contributed by atoms with Gasteiger partial charge in [-0.15, -0.1) is 0 Å². The van der Waals surface area contributed by atoms with Crippen LogP contribution in [-0.2, 0) is 17.8 Å². The number of hydrogen-bond donors (Lipinski definition) is 2. The molecule has 0 saturated carbocycles. The zero-order valence-electron chi connectivity index (χ0n) is 16.6. The van der Waals surface area contributed by atoms with Gasteiger partial charge in [-0.1, -0.05) is 6.07 Å². The van der Waals surface area contributed by atoms with Crippen molar-refractivity contribution in [3.63, 3.8) is 0 Å². The molecule has 0 atom stereocenters. The van der Waals surface area contributed by atoms with Crippen LogP contribution in [0.1, 0.15) is 35.7 Å². The molecule has 158 valence electrons. The van der Waals surface area contributed by atoms with Crippen molar-refractivity contribution in [2.45, 2.75) is 38.9 Å². The number of nitrogens with zero attached hydrogens (tertiary/aromatic N) is 3. The molecule has 0 aliphatic carbocycles. The molecule has 30 heavy (non-hydrogen) atoms. The van der Waals surface area contributed by atoms with Crippen LogP contribution in [0.25, 0.3) is 11.0 Å². The summed E-state index contributed by atoms with van der Waals surface area (Å²) in [4.78, 5) is 17.3. The van der Waals surface area contributed by atoms with Crippen LogP contribution >= 0.6 is 0 Å². The highest BCUT2D eigenvalue weighted by atomic mass is 19.1. The van der Waals surface area contributed by atoms with Crippen molar-refractivity contribution in [2.24, 2.45) is 0 Å². The molecular formula is C21H23F2N5O2. The van der Waals surface area contributed by atoms with E-state index in [1.165, 1.54) is 12.3 Å². The van der Waals surface area contributed by atoms with E-state index in [-0.39, 0.29) is 18.2 Å². The molecule has 4 rings (SSSR count). The Hall–Kier alpha value is -3.07. The second kappa shape index (κ2) is 8.74. The maximum atomic E-state index is 13.9. The Morgan fingerprint density at radius 2 is 1.97 bits per heavy atom. The number of ether oxygens (including phenoxy) is 1. The van der Waals surface area contributed by atoms with E-state index >= 15 is 0 Å². The number of carbonyl (C=O) groups excluding carboxylic acids is 1. The highest BCUT2D eigenvalue weighted by molar-refractivity contribution is 6.06. The normalized spacial score (nSPS) is 14.8. The zero-order chi connectivity index (χ0) is 21.1. The van der Waals surface area contributed by atoms with E-state index in [0.29, 0.717) is 36.7 Å². The highest BCUT2D eigenvalue weighted by Gasteiger charge is 2.22. The molecule has 0 spiro atoms. The second-order valence-electron chi connectivity index (χ2n) is 7.16. The van der Waals surface area contributed by atoms with Gasteiger partial charge in [0, 0.05) is 44.1 Å². The summed E-state index contributed by atoms with van der Waals surface area (Å²) < 4.78 is 35.0. The summed E-state index contributed by atoms with van der Waals surface area (Å²) in [6.45, 7) is 3.64. The van der Waals surface area contributed by atoms with Gasteiger partial charge in [0.15, 0.2) is 5.65 Å². The topological polar surface area (TPSA) is 81.1 Å². The molecule has 1 aromatic carbocycles. The Labute approximate surface area is 172 Å². The first-order valence-corrected chi connectivity index (χ1v) is 9.98. The summed E-state index contributed by atoms with van der Waals surface area (Å²) in [6, 6.07) is 3.75. The Kier molecular flexibility index (Phi) is 5.89. The van der Waals surface area contributed by atoms with Gasteiger partial charge in [-0.2, -0.15) is 5.10 Å².